The Bertz CT molecular complexity index is 1170. The molecule has 36 heavy (non-hydrogen) atoms. The molecular formula is C27H30FN3O5. The molecule has 1 aliphatic carbocycles. The van der Waals surface area contributed by atoms with Crippen LogP contribution in [0.3, 0.4) is 0 Å². The summed E-state index contributed by atoms with van der Waals surface area (Å²) in [7, 11) is 1.74. The molecule has 3 aliphatic rings. The van der Waals surface area contributed by atoms with E-state index in [0.717, 1.165) is 25.3 Å². The molecule has 0 aromatic heterocycles. The second-order valence-electron chi connectivity index (χ2n) is 9.74. The molecule has 2 aromatic carbocycles. The van der Waals surface area contributed by atoms with E-state index in [0.29, 0.717) is 42.3 Å². The third kappa shape index (κ3) is 5.21. The molecular weight excluding hydrogens is 465 g/mol. The summed E-state index contributed by atoms with van der Waals surface area (Å²) >= 11 is 0. The molecule has 0 bridgehead atoms. The Morgan fingerprint density at radius 3 is 2.69 bits per heavy atom. The quantitative estimate of drug-likeness (QED) is 0.662. The lowest BCUT2D eigenvalue weighted by Crippen LogP contribution is -2.54. The molecule has 2 heterocycles. The Kier molecular flexibility index (Phi) is 6.91. The minimum Gasteiger partial charge on any atom is -0.490 e. The molecule has 1 saturated heterocycles. The summed E-state index contributed by atoms with van der Waals surface area (Å²) in [4.78, 5) is 39.9. The van der Waals surface area contributed by atoms with Gasteiger partial charge in [-0.2, -0.15) is 0 Å². The third-order valence-corrected chi connectivity index (χ3v) is 7.24. The zero-order valence-electron chi connectivity index (χ0n) is 20.2. The van der Waals surface area contributed by atoms with Crippen LogP contribution in [-0.4, -0.2) is 60.6 Å². The number of amides is 3. The Morgan fingerprint density at radius 1 is 1.11 bits per heavy atom. The van der Waals surface area contributed by atoms with Gasteiger partial charge in [-0.3, -0.25) is 14.4 Å². The first kappa shape index (κ1) is 24.2. The Morgan fingerprint density at radius 2 is 1.94 bits per heavy atom. The number of carbonyl (C=O) groups excluding carboxylic acids is 3. The molecule has 2 N–H and O–H groups in total. The van der Waals surface area contributed by atoms with Crippen LogP contribution in [0.15, 0.2) is 42.5 Å². The fourth-order valence-electron chi connectivity index (χ4n) is 4.98. The smallest absolute Gasteiger partial charge is 0.257 e. The Balaban J connectivity index is 1.26. The summed E-state index contributed by atoms with van der Waals surface area (Å²) in [6, 6.07) is 10.3. The van der Waals surface area contributed by atoms with Crippen LogP contribution in [0.2, 0.25) is 0 Å². The average molecular weight is 496 g/mol. The minimum absolute atomic E-state index is 0.0116. The number of carbonyl (C=O) groups is 3. The molecule has 1 saturated carbocycles. The number of nitrogens with one attached hydrogen (secondary N) is 2. The van der Waals surface area contributed by atoms with E-state index in [9.17, 15) is 18.8 Å². The van der Waals surface area contributed by atoms with Crippen LogP contribution in [0.25, 0.3) is 0 Å². The van der Waals surface area contributed by atoms with E-state index in [1.807, 2.05) is 0 Å². The molecule has 0 spiro atoms. The fourth-order valence-corrected chi connectivity index (χ4v) is 4.98. The van der Waals surface area contributed by atoms with Gasteiger partial charge in [0.25, 0.3) is 11.8 Å². The maximum Gasteiger partial charge on any atom is 0.257 e. The predicted molar refractivity (Wildman–Crippen MR) is 130 cm³/mol. The van der Waals surface area contributed by atoms with E-state index in [-0.39, 0.29) is 42.2 Å². The van der Waals surface area contributed by atoms with Crippen LogP contribution in [0.5, 0.6) is 5.75 Å². The highest BCUT2D eigenvalue weighted by atomic mass is 19.1. The number of rotatable bonds is 5. The van der Waals surface area contributed by atoms with Gasteiger partial charge >= 0.3 is 0 Å². The molecule has 0 radical (unpaired) electrons. The summed E-state index contributed by atoms with van der Waals surface area (Å²) in [6.45, 7) is 0.241. The fraction of sp³-hybridized carbons (Fsp3) is 0.444. The first-order chi connectivity index (χ1) is 17.4. The molecule has 8 nitrogen and oxygen atoms in total. The first-order valence-corrected chi connectivity index (χ1v) is 12.4. The van der Waals surface area contributed by atoms with Gasteiger partial charge in [0.1, 0.15) is 24.3 Å². The lowest BCUT2D eigenvalue weighted by Gasteiger charge is -2.42. The number of halogens is 1. The topological polar surface area (TPSA) is 97.0 Å². The van der Waals surface area contributed by atoms with Crippen molar-refractivity contribution in [1.29, 1.82) is 0 Å². The lowest BCUT2D eigenvalue weighted by molar-refractivity contribution is -0.135. The van der Waals surface area contributed by atoms with E-state index in [2.05, 4.69) is 10.6 Å². The molecule has 2 fully saturated rings. The van der Waals surface area contributed by atoms with Gasteiger partial charge in [0.05, 0.1) is 24.1 Å². The number of hydrogen-bond acceptors (Lipinski definition) is 5. The summed E-state index contributed by atoms with van der Waals surface area (Å²) in [5.74, 6) is -0.821. The van der Waals surface area contributed by atoms with Crippen molar-refractivity contribution in [1.82, 2.24) is 10.2 Å². The summed E-state index contributed by atoms with van der Waals surface area (Å²) in [6.07, 6.45) is 4.36. The molecule has 5 rings (SSSR count). The summed E-state index contributed by atoms with van der Waals surface area (Å²) in [5, 5.41) is 5.77. The second kappa shape index (κ2) is 10.3. The highest BCUT2D eigenvalue weighted by Crippen LogP contribution is 2.32. The number of fused-ring (bicyclic) bond motifs is 2. The molecule has 0 unspecified atom stereocenters. The number of hydrogen-bond donors (Lipinski definition) is 2. The number of benzene rings is 2. The van der Waals surface area contributed by atoms with Gasteiger partial charge in [0.2, 0.25) is 5.91 Å². The van der Waals surface area contributed by atoms with Crippen molar-refractivity contribution >= 4 is 23.4 Å². The molecule has 2 aromatic rings. The molecule has 3 amide bonds. The SMILES string of the molecule is CN1C(=O)c2cc(NC(=O)c3cccc(F)c3)ccc2OC[C@@H]2O[C@@H](CC(=O)NC3CCC3)CC[C@@H]21. The van der Waals surface area contributed by atoms with Crippen LogP contribution in [-0.2, 0) is 9.53 Å². The highest BCUT2D eigenvalue weighted by Gasteiger charge is 2.39. The molecule has 2 aliphatic heterocycles. The minimum atomic E-state index is -0.503. The van der Waals surface area contributed by atoms with Crippen molar-refractivity contribution in [3.05, 3.63) is 59.4 Å². The third-order valence-electron chi connectivity index (χ3n) is 7.24. The van der Waals surface area contributed by atoms with Gasteiger partial charge in [0, 0.05) is 24.3 Å². The first-order valence-electron chi connectivity index (χ1n) is 12.4. The normalized spacial score (nSPS) is 23.8. The van der Waals surface area contributed by atoms with Gasteiger partial charge in [-0.05, 0) is 68.5 Å². The van der Waals surface area contributed by atoms with Crippen molar-refractivity contribution in [2.45, 2.75) is 62.8 Å². The second-order valence-corrected chi connectivity index (χ2v) is 9.74. The Labute approximate surface area is 209 Å². The van der Waals surface area contributed by atoms with Gasteiger partial charge in [-0.25, -0.2) is 4.39 Å². The van der Waals surface area contributed by atoms with E-state index in [1.165, 1.54) is 18.2 Å². The van der Waals surface area contributed by atoms with Crippen molar-refractivity contribution in [3.8, 4) is 5.75 Å². The number of ether oxygens (including phenoxy) is 2. The van der Waals surface area contributed by atoms with E-state index in [4.69, 9.17) is 9.47 Å². The van der Waals surface area contributed by atoms with Crippen LogP contribution in [0.1, 0.15) is 59.2 Å². The average Bonchev–Trinajstić information content (AvgIpc) is 2.84. The molecule has 9 heteroatoms. The number of anilines is 1. The van der Waals surface area contributed by atoms with Crippen molar-refractivity contribution in [2.24, 2.45) is 0 Å². The van der Waals surface area contributed by atoms with Crippen LogP contribution >= 0.6 is 0 Å². The van der Waals surface area contributed by atoms with Gasteiger partial charge < -0.3 is 25.0 Å². The van der Waals surface area contributed by atoms with Crippen molar-refractivity contribution < 1.29 is 28.2 Å². The largest absolute Gasteiger partial charge is 0.490 e. The maximum absolute atomic E-state index is 13.5. The predicted octanol–water partition coefficient (Wildman–Crippen LogP) is 3.52. The number of nitrogens with zero attached hydrogens (tertiary/aromatic N) is 1. The van der Waals surface area contributed by atoms with Gasteiger partial charge in [-0.15, -0.1) is 0 Å². The van der Waals surface area contributed by atoms with Gasteiger partial charge in [-0.1, -0.05) is 6.07 Å². The van der Waals surface area contributed by atoms with E-state index >= 15 is 0 Å². The zero-order valence-corrected chi connectivity index (χ0v) is 20.2. The molecule has 190 valence electrons. The van der Waals surface area contributed by atoms with Crippen LogP contribution < -0.4 is 15.4 Å². The zero-order chi connectivity index (χ0) is 25.2. The van der Waals surface area contributed by atoms with E-state index < -0.39 is 11.7 Å². The standard InChI is InChI=1S/C27H30FN3O5/c1-31-22-10-9-20(14-25(32)29-18-6-3-7-18)36-24(22)15-35-23-11-8-19(13-21(23)27(31)34)30-26(33)16-4-2-5-17(28)12-16/h2,4-5,8,11-13,18,20,22,24H,3,6-7,9-10,14-15H2,1H3,(H,29,32)(H,30,33)/t20-,22+,24+/m1/s1. The monoisotopic (exact) mass is 495 g/mol. The van der Waals surface area contributed by atoms with Crippen molar-refractivity contribution in [3.63, 3.8) is 0 Å². The highest BCUT2D eigenvalue weighted by molar-refractivity contribution is 6.05. The van der Waals surface area contributed by atoms with Gasteiger partial charge in [0.15, 0.2) is 0 Å². The maximum atomic E-state index is 13.5. The van der Waals surface area contributed by atoms with E-state index in [1.54, 1.807) is 30.1 Å². The summed E-state index contributed by atoms with van der Waals surface area (Å²) < 4.78 is 25.7. The number of likely N-dealkylation sites (N-methyl/N-ethyl adjacent to an activating group) is 1. The van der Waals surface area contributed by atoms with Crippen LogP contribution in [0.4, 0.5) is 10.1 Å². The lowest BCUT2D eigenvalue weighted by atomic mass is 9.92. The molecule has 3 atom stereocenters. The Hall–Kier alpha value is -3.46. The van der Waals surface area contributed by atoms with Crippen LogP contribution in [0, 0.1) is 5.82 Å². The van der Waals surface area contributed by atoms with Crippen molar-refractivity contribution in [2.75, 3.05) is 19.0 Å². The summed E-state index contributed by atoms with van der Waals surface area (Å²) in [5.41, 5.74) is 0.914.